The van der Waals surface area contributed by atoms with Crippen LogP contribution < -0.4 is 5.73 Å². The summed E-state index contributed by atoms with van der Waals surface area (Å²) in [4.78, 5) is 22.6. The molecule has 9 heteroatoms. The molecule has 58 heavy (non-hydrogen) atoms. The van der Waals surface area contributed by atoms with E-state index in [-0.39, 0.29) is 32.3 Å². The number of nitrogens with two attached hydrogens (primary N) is 1. The van der Waals surface area contributed by atoms with Crippen molar-refractivity contribution in [3.63, 3.8) is 0 Å². The summed E-state index contributed by atoms with van der Waals surface area (Å²) < 4.78 is 33.6. The topological polar surface area (TPSA) is 117 Å². The van der Waals surface area contributed by atoms with Gasteiger partial charge in [0, 0.05) is 19.6 Å². The fraction of sp³-hybridized carbons (Fsp3) is 0.898. The first-order valence-electron chi connectivity index (χ1n) is 24.8. The molecule has 344 valence electrons. The predicted octanol–water partition coefficient (Wildman–Crippen LogP) is 15.2. The van der Waals surface area contributed by atoms with Crippen LogP contribution in [0.4, 0.5) is 0 Å². The van der Waals surface area contributed by atoms with E-state index in [0.29, 0.717) is 13.0 Å². The molecule has 2 atom stereocenters. The van der Waals surface area contributed by atoms with Crippen molar-refractivity contribution in [2.45, 2.75) is 251 Å². The highest BCUT2D eigenvalue weighted by Crippen LogP contribution is 2.43. The van der Waals surface area contributed by atoms with Crippen molar-refractivity contribution in [1.82, 2.24) is 0 Å². The molecular formula is C49H96NO7P. The Morgan fingerprint density at radius 3 is 1.36 bits per heavy atom. The summed E-state index contributed by atoms with van der Waals surface area (Å²) in [6.07, 6.45) is 53.5. The number of phosphoric acid groups is 1. The smallest absolute Gasteiger partial charge is 0.457 e. The SMILES string of the molecule is CCCCCC/C=C\C/C=C\CCCCCCCCCCOCC(COP(=O)(O)OCCN)OC(=O)CCCCCCCCCCCCCCCCCCCCCC. The van der Waals surface area contributed by atoms with Crippen LogP contribution in [0, 0.1) is 0 Å². The van der Waals surface area contributed by atoms with Crippen LogP contribution in [0.2, 0.25) is 0 Å². The molecule has 0 spiro atoms. The van der Waals surface area contributed by atoms with Crippen LogP contribution in [-0.2, 0) is 27.9 Å². The second-order valence-corrected chi connectivity index (χ2v) is 18.1. The summed E-state index contributed by atoms with van der Waals surface area (Å²) in [6, 6.07) is 0. The van der Waals surface area contributed by atoms with E-state index in [9.17, 15) is 14.3 Å². The van der Waals surface area contributed by atoms with Gasteiger partial charge >= 0.3 is 13.8 Å². The standard InChI is InChI=1S/C49H96NO7P/c1-3-5-7-9-11-13-15-17-19-21-23-24-26-28-30-32-34-36-38-40-42-49(51)57-48(47-56-58(52,53)55-45-43-50)46-54-44-41-39-37-35-33-31-29-27-25-22-20-18-16-14-12-10-8-6-4-2/h14,16,20,22,48H,3-13,15,17-19,21,23-47,50H2,1-2H3,(H,52,53)/b16-14-,22-20-. The van der Waals surface area contributed by atoms with Gasteiger partial charge in [0.15, 0.2) is 0 Å². The van der Waals surface area contributed by atoms with Gasteiger partial charge in [-0.25, -0.2) is 4.57 Å². The zero-order valence-corrected chi connectivity index (χ0v) is 39.2. The Morgan fingerprint density at radius 1 is 0.517 bits per heavy atom. The number of carbonyl (C=O) groups is 1. The van der Waals surface area contributed by atoms with Crippen LogP contribution in [-0.4, -0.2) is 49.9 Å². The van der Waals surface area contributed by atoms with E-state index in [1.807, 2.05) is 0 Å². The van der Waals surface area contributed by atoms with E-state index >= 15 is 0 Å². The van der Waals surface area contributed by atoms with E-state index in [4.69, 9.17) is 24.3 Å². The number of carbonyl (C=O) groups excluding carboxylic acids is 1. The van der Waals surface area contributed by atoms with Crippen molar-refractivity contribution < 1.29 is 32.8 Å². The average molecular weight is 842 g/mol. The van der Waals surface area contributed by atoms with Gasteiger partial charge in [-0.1, -0.05) is 218 Å². The molecule has 0 fully saturated rings. The lowest BCUT2D eigenvalue weighted by Crippen LogP contribution is -2.28. The lowest BCUT2D eigenvalue weighted by molar-refractivity contribution is -0.154. The molecule has 0 saturated heterocycles. The Labute approximate surface area is 359 Å². The monoisotopic (exact) mass is 842 g/mol. The predicted molar refractivity (Wildman–Crippen MR) is 247 cm³/mol. The van der Waals surface area contributed by atoms with Crippen LogP contribution in [0.15, 0.2) is 24.3 Å². The number of rotatable bonds is 48. The maximum atomic E-state index is 12.6. The maximum Gasteiger partial charge on any atom is 0.472 e. The Kier molecular flexibility index (Phi) is 46.2. The quantitative estimate of drug-likeness (QED) is 0.0269. The van der Waals surface area contributed by atoms with Gasteiger partial charge in [0.05, 0.1) is 19.8 Å². The molecule has 0 aliphatic carbocycles. The van der Waals surface area contributed by atoms with Gasteiger partial charge in [-0.15, -0.1) is 0 Å². The number of hydrogen-bond donors (Lipinski definition) is 2. The van der Waals surface area contributed by atoms with Gasteiger partial charge in [-0.3, -0.25) is 13.8 Å². The highest BCUT2D eigenvalue weighted by Gasteiger charge is 2.25. The first-order chi connectivity index (χ1) is 28.4. The van der Waals surface area contributed by atoms with E-state index in [0.717, 1.165) is 38.5 Å². The highest BCUT2D eigenvalue weighted by atomic mass is 31.2. The van der Waals surface area contributed by atoms with E-state index in [1.54, 1.807) is 0 Å². The Hall–Kier alpha value is -1.02. The number of phosphoric ester groups is 1. The van der Waals surface area contributed by atoms with Crippen molar-refractivity contribution in [2.24, 2.45) is 5.73 Å². The molecule has 0 radical (unpaired) electrons. The maximum absolute atomic E-state index is 12.6. The van der Waals surface area contributed by atoms with E-state index < -0.39 is 13.9 Å². The number of allylic oxidation sites excluding steroid dienone is 4. The lowest BCUT2D eigenvalue weighted by Gasteiger charge is -2.20. The van der Waals surface area contributed by atoms with Gasteiger partial charge < -0.3 is 20.1 Å². The minimum Gasteiger partial charge on any atom is -0.457 e. The molecule has 0 bridgehead atoms. The molecule has 0 rings (SSSR count). The minimum atomic E-state index is -4.28. The largest absolute Gasteiger partial charge is 0.472 e. The van der Waals surface area contributed by atoms with E-state index in [2.05, 4.69) is 38.2 Å². The molecule has 0 saturated carbocycles. The summed E-state index contributed by atoms with van der Waals surface area (Å²) in [6.45, 7) is 4.94. The van der Waals surface area contributed by atoms with Gasteiger partial charge in [-0.2, -0.15) is 0 Å². The molecule has 3 N–H and O–H groups in total. The summed E-state index contributed by atoms with van der Waals surface area (Å²) in [5.74, 6) is -0.327. The Morgan fingerprint density at radius 2 is 0.914 bits per heavy atom. The number of unbranched alkanes of at least 4 members (excludes halogenated alkanes) is 31. The zero-order valence-electron chi connectivity index (χ0n) is 38.3. The van der Waals surface area contributed by atoms with Crippen LogP contribution in [0.5, 0.6) is 0 Å². The van der Waals surface area contributed by atoms with Gasteiger partial charge in [-0.05, 0) is 44.9 Å². The van der Waals surface area contributed by atoms with Crippen molar-refractivity contribution >= 4 is 13.8 Å². The summed E-state index contributed by atoms with van der Waals surface area (Å²) >= 11 is 0. The first-order valence-corrected chi connectivity index (χ1v) is 26.3. The van der Waals surface area contributed by atoms with Gasteiger partial charge in [0.25, 0.3) is 0 Å². The average Bonchev–Trinajstić information content (AvgIpc) is 3.21. The Balaban J connectivity index is 3.94. The fourth-order valence-electron chi connectivity index (χ4n) is 7.21. The third-order valence-electron chi connectivity index (χ3n) is 10.9. The van der Waals surface area contributed by atoms with Crippen LogP contribution in [0.1, 0.15) is 245 Å². The summed E-state index contributed by atoms with van der Waals surface area (Å²) in [5, 5.41) is 0. The van der Waals surface area contributed by atoms with Crippen molar-refractivity contribution in [3.8, 4) is 0 Å². The molecule has 0 amide bonds. The zero-order chi connectivity index (χ0) is 42.3. The molecule has 0 aromatic heterocycles. The van der Waals surface area contributed by atoms with Gasteiger partial charge in [0.2, 0.25) is 0 Å². The first kappa shape index (κ1) is 57.0. The van der Waals surface area contributed by atoms with Crippen LogP contribution >= 0.6 is 7.82 Å². The molecule has 0 aliphatic rings. The molecule has 2 unspecified atom stereocenters. The normalized spacial score (nSPS) is 13.5. The number of esters is 1. The number of hydrogen-bond acceptors (Lipinski definition) is 7. The van der Waals surface area contributed by atoms with Gasteiger partial charge in [0.1, 0.15) is 6.10 Å². The summed E-state index contributed by atoms with van der Waals surface area (Å²) in [7, 11) is -4.28. The molecule has 0 heterocycles. The molecule has 0 aromatic carbocycles. The summed E-state index contributed by atoms with van der Waals surface area (Å²) in [5.41, 5.74) is 5.38. The van der Waals surface area contributed by atoms with Crippen molar-refractivity contribution in [2.75, 3.05) is 33.0 Å². The molecular weight excluding hydrogens is 746 g/mol. The molecule has 0 aliphatic heterocycles. The van der Waals surface area contributed by atoms with Crippen LogP contribution in [0.25, 0.3) is 0 Å². The molecule has 8 nitrogen and oxygen atoms in total. The van der Waals surface area contributed by atoms with Crippen LogP contribution in [0.3, 0.4) is 0 Å². The Bertz CT molecular complexity index is 946. The third-order valence-corrected chi connectivity index (χ3v) is 11.9. The minimum absolute atomic E-state index is 0.0943. The van der Waals surface area contributed by atoms with Crippen molar-refractivity contribution in [1.29, 1.82) is 0 Å². The van der Waals surface area contributed by atoms with Crippen molar-refractivity contribution in [3.05, 3.63) is 24.3 Å². The fourth-order valence-corrected chi connectivity index (χ4v) is 7.97. The second-order valence-electron chi connectivity index (χ2n) is 16.7. The molecule has 0 aromatic rings. The number of ether oxygens (including phenoxy) is 2. The highest BCUT2D eigenvalue weighted by molar-refractivity contribution is 7.47. The van der Waals surface area contributed by atoms with E-state index in [1.165, 1.54) is 186 Å². The third kappa shape index (κ3) is 46.1. The lowest BCUT2D eigenvalue weighted by atomic mass is 10.0. The second kappa shape index (κ2) is 47.0.